The molecule has 0 aliphatic heterocycles. The van der Waals surface area contributed by atoms with E-state index in [1.54, 1.807) is 6.20 Å². The number of rotatable bonds is 5. The molecule has 2 rings (SSSR count). The highest BCUT2D eigenvalue weighted by Gasteiger charge is 2.28. The number of carboxylic acids is 1. The number of nitrogens with zero attached hydrogens (tertiary/aromatic N) is 2. The van der Waals surface area contributed by atoms with Crippen molar-refractivity contribution < 1.29 is 19.8 Å². The lowest BCUT2D eigenvalue weighted by Crippen LogP contribution is -2.39. The van der Waals surface area contributed by atoms with Gasteiger partial charge >= 0.3 is 5.97 Å². The van der Waals surface area contributed by atoms with E-state index in [2.05, 4.69) is 15.3 Å². The van der Waals surface area contributed by atoms with Gasteiger partial charge in [-0.05, 0) is 26.8 Å². The zero-order chi connectivity index (χ0) is 17.2. The van der Waals surface area contributed by atoms with Gasteiger partial charge in [-0.2, -0.15) is 0 Å². The van der Waals surface area contributed by atoms with E-state index in [4.69, 9.17) is 5.11 Å². The Kier molecular flexibility index (Phi) is 4.65. The van der Waals surface area contributed by atoms with E-state index in [-0.39, 0.29) is 18.0 Å². The van der Waals surface area contributed by atoms with Crippen molar-refractivity contribution in [2.24, 2.45) is 5.41 Å². The molecule has 0 radical (unpaired) electrons. The lowest BCUT2D eigenvalue weighted by Gasteiger charge is -2.19. The van der Waals surface area contributed by atoms with Gasteiger partial charge in [0.1, 0.15) is 5.75 Å². The average Bonchev–Trinajstić information content (AvgIpc) is 2.91. The van der Waals surface area contributed by atoms with Crippen LogP contribution >= 0.6 is 11.3 Å². The molecule has 0 atom stereocenters. The van der Waals surface area contributed by atoms with Gasteiger partial charge in [0.2, 0.25) is 0 Å². The number of carboxylic acid groups (broad SMARTS) is 1. The number of pyridine rings is 1. The van der Waals surface area contributed by atoms with Crippen molar-refractivity contribution in [1.29, 1.82) is 0 Å². The highest BCUT2D eigenvalue weighted by atomic mass is 32.1. The summed E-state index contributed by atoms with van der Waals surface area (Å²) in [5, 5.41) is 22.4. The summed E-state index contributed by atoms with van der Waals surface area (Å²) in [5.74, 6) is -1.91. The zero-order valence-corrected chi connectivity index (χ0v) is 13.8. The molecule has 122 valence electrons. The van der Waals surface area contributed by atoms with Crippen molar-refractivity contribution in [2.45, 2.75) is 20.8 Å². The minimum Gasteiger partial charge on any atom is -0.505 e. The van der Waals surface area contributed by atoms with E-state index in [1.165, 1.54) is 37.4 Å². The number of aromatic nitrogens is 2. The molecule has 0 spiro atoms. The maximum absolute atomic E-state index is 12.1. The molecule has 2 aromatic rings. The van der Waals surface area contributed by atoms with E-state index in [1.807, 2.05) is 6.92 Å². The summed E-state index contributed by atoms with van der Waals surface area (Å²) in [6, 6.07) is 1.44. The average molecular weight is 335 g/mol. The van der Waals surface area contributed by atoms with Gasteiger partial charge in [-0.1, -0.05) is 0 Å². The standard InChI is InChI=1S/C15H17N3O4S/c1-8-16-6-11(23-8)9-4-10(19)12(17-5-9)13(20)18-7-15(2,3)14(21)22/h4-6,19H,7H2,1-3H3,(H,18,20)(H,21,22). The minimum absolute atomic E-state index is 0.0714. The molecule has 0 aliphatic carbocycles. The quantitative estimate of drug-likeness (QED) is 0.771. The maximum Gasteiger partial charge on any atom is 0.310 e. The minimum atomic E-state index is -1.11. The number of aromatic hydroxyl groups is 1. The third kappa shape index (κ3) is 3.84. The van der Waals surface area contributed by atoms with Gasteiger partial charge in [-0.25, -0.2) is 9.97 Å². The second-order valence-electron chi connectivity index (χ2n) is 5.71. The third-order valence-corrected chi connectivity index (χ3v) is 4.22. The summed E-state index contributed by atoms with van der Waals surface area (Å²) < 4.78 is 0. The number of hydrogen-bond donors (Lipinski definition) is 3. The number of carbonyl (C=O) groups is 2. The molecule has 0 saturated heterocycles. The van der Waals surface area contributed by atoms with Crippen molar-refractivity contribution in [3.63, 3.8) is 0 Å². The van der Waals surface area contributed by atoms with Gasteiger partial charge in [0, 0.05) is 24.5 Å². The Bertz CT molecular complexity index is 755. The topological polar surface area (TPSA) is 112 Å². The number of amides is 1. The summed E-state index contributed by atoms with van der Waals surface area (Å²) in [4.78, 5) is 32.0. The van der Waals surface area contributed by atoms with Crippen molar-refractivity contribution in [3.05, 3.63) is 29.2 Å². The van der Waals surface area contributed by atoms with Gasteiger partial charge in [-0.3, -0.25) is 9.59 Å². The largest absolute Gasteiger partial charge is 0.505 e. The van der Waals surface area contributed by atoms with Crippen LogP contribution in [0.2, 0.25) is 0 Å². The summed E-state index contributed by atoms with van der Waals surface area (Å²) in [5.41, 5.74) is -0.586. The predicted molar refractivity (Wildman–Crippen MR) is 85.5 cm³/mol. The zero-order valence-electron chi connectivity index (χ0n) is 13.0. The lowest BCUT2D eigenvalue weighted by molar-refractivity contribution is -0.146. The fraction of sp³-hybridized carbons (Fsp3) is 0.333. The second-order valence-corrected chi connectivity index (χ2v) is 6.94. The number of nitrogens with one attached hydrogen (secondary N) is 1. The Morgan fingerprint density at radius 3 is 2.52 bits per heavy atom. The van der Waals surface area contributed by atoms with Crippen molar-refractivity contribution >= 4 is 23.2 Å². The molecule has 8 heteroatoms. The van der Waals surface area contributed by atoms with Crippen LogP contribution in [-0.2, 0) is 4.79 Å². The molecule has 0 bridgehead atoms. The van der Waals surface area contributed by atoms with Crippen molar-refractivity contribution in [3.8, 4) is 16.2 Å². The maximum atomic E-state index is 12.1. The lowest BCUT2D eigenvalue weighted by atomic mass is 9.94. The fourth-order valence-corrected chi connectivity index (χ4v) is 2.48. The second kappa shape index (κ2) is 6.33. The number of thiazole rings is 1. The summed E-state index contributed by atoms with van der Waals surface area (Å²) in [7, 11) is 0. The molecule has 0 saturated carbocycles. The number of aliphatic carboxylic acids is 1. The van der Waals surface area contributed by atoms with Gasteiger partial charge < -0.3 is 15.5 Å². The first kappa shape index (κ1) is 16.9. The SMILES string of the molecule is Cc1ncc(-c2cnc(C(=O)NCC(C)(C)C(=O)O)c(O)c2)s1. The van der Waals surface area contributed by atoms with Gasteiger partial charge in [0.05, 0.1) is 15.3 Å². The molecule has 0 aromatic carbocycles. The Morgan fingerprint density at radius 1 is 1.30 bits per heavy atom. The highest BCUT2D eigenvalue weighted by molar-refractivity contribution is 7.15. The smallest absolute Gasteiger partial charge is 0.310 e. The first-order chi connectivity index (χ1) is 10.7. The normalized spacial score (nSPS) is 11.3. The molecule has 23 heavy (non-hydrogen) atoms. The number of carbonyl (C=O) groups excluding carboxylic acids is 1. The Hall–Kier alpha value is -2.48. The number of hydrogen-bond acceptors (Lipinski definition) is 6. The van der Waals surface area contributed by atoms with E-state index in [9.17, 15) is 14.7 Å². The molecule has 0 aliphatic rings. The van der Waals surface area contributed by atoms with Crippen molar-refractivity contribution in [2.75, 3.05) is 6.54 Å². The van der Waals surface area contributed by atoms with Crippen LogP contribution in [0.5, 0.6) is 5.75 Å². The molecule has 3 N–H and O–H groups in total. The highest BCUT2D eigenvalue weighted by Crippen LogP contribution is 2.28. The van der Waals surface area contributed by atoms with Crippen LogP contribution < -0.4 is 5.32 Å². The molecule has 7 nitrogen and oxygen atoms in total. The first-order valence-corrected chi connectivity index (χ1v) is 7.66. The van der Waals surface area contributed by atoms with E-state index >= 15 is 0 Å². The summed E-state index contributed by atoms with van der Waals surface area (Å²) in [6.45, 7) is 4.79. The Morgan fingerprint density at radius 2 is 2.00 bits per heavy atom. The molecular weight excluding hydrogens is 318 g/mol. The van der Waals surface area contributed by atoms with Gasteiger partial charge in [-0.15, -0.1) is 11.3 Å². The van der Waals surface area contributed by atoms with E-state index in [0.717, 1.165) is 9.88 Å². The Labute approximate surface area is 137 Å². The Balaban J connectivity index is 2.14. The molecule has 0 fully saturated rings. The van der Waals surface area contributed by atoms with Gasteiger partial charge in [0.15, 0.2) is 5.69 Å². The molecule has 2 aromatic heterocycles. The van der Waals surface area contributed by atoms with Crippen LogP contribution in [0, 0.1) is 12.3 Å². The first-order valence-electron chi connectivity index (χ1n) is 6.84. The van der Waals surface area contributed by atoms with Crippen LogP contribution in [0.1, 0.15) is 29.3 Å². The van der Waals surface area contributed by atoms with Gasteiger partial charge in [0.25, 0.3) is 5.91 Å². The summed E-state index contributed by atoms with van der Waals surface area (Å²) in [6.07, 6.45) is 3.15. The fourth-order valence-electron chi connectivity index (χ4n) is 1.72. The predicted octanol–water partition coefficient (Wildman–Crippen LogP) is 2.06. The van der Waals surface area contributed by atoms with Crippen LogP contribution in [0.4, 0.5) is 0 Å². The molecule has 1 amide bonds. The van der Waals surface area contributed by atoms with E-state index < -0.39 is 17.3 Å². The summed E-state index contributed by atoms with van der Waals surface area (Å²) >= 11 is 1.45. The molecule has 0 unspecified atom stereocenters. The van der Waals surface area contributed by atoms with Crippen molar-refractivity contribution in [1.82, 2.24) is 15.3 Å². The number of aryl methyl sites for hydroxylation is 1. The molecule has 2 heterocycles. The van der Waals surface area contributed by atoms with Crippen LogP contribution in [-0.4, -0.2) is 38.6 Å². The van der Waals surface area contributed by atoms with E-state index in [0.29, 0.717) is 5.56 Å². The van der Waals surface area contributed by atoms with Crippen LogP contribution in [0.3, 0.4) is 0 Å². The molecular formula is C15H17N3O4S. The third-order valence-electron chi connectivity index (χ3n) is 3.26. The van der Waals surface area contributed by atoms with Crippen LogP contribution in [0.25, 0.3) is 10.4 Å². The monoisotopic (exact) mass is 335 g/mol. The van der Waals surface area contributed by atoms with Crippen LogP contribution in [0.15, 0.2) is 18.5 Å².